The van der Waals surface area contributed by atoms with Gasteiger partial charge in [0, 0.05) is 18.1 Å². The molecule has 27 heavy (non-hydrogen) atoms. The summed E-state index contributed by atoms with van der Waals surface area (Å²) in [7, 11) is 0. The first-order valence-electron chi connectivity index (χ1n) is 7.76. The monoisotopic (exact) mass is 377 g/mol. The summed E-state index contributed by atoms with van der Waals surface area (Å²) in [6, 6.07) is 4.61. The molecule has 2 aromatic heterocycles. The van der Waals surface area contributed by atoms with Crippen molar-refractivity contribution in [2.24, 2.45) is 0 Å². The molecule has 0 aliphatic heterocycles. The molecule has 2 N–H and O–H groups in total. The minimum absolute atomic E-state index is 0.223. The summed E-state index contributed by atoms with van der Waals surface area (Å²) in [6.45, 7) is 1.68. The van der Waals surface area contributed by atoms with E-state index >= 15 is 0 Å². The number of rotatable bonds is 4. The Morgan fingerprint density at radius 3 is 2.41 bits per heavy atom. The van der Waals surface area contributed by atoms with Crippen molar-refractivity contribution in [2.75, 3.05) is 5.32 Å². The lowest BCUT2D eigenvalue weighted by molar-refractivity contribution is -0.137. The third-order valence-corrected chi connectivity index (χ3v) is 3.52. The molecule has 0 bridgehead atoms. The Labute approximate surface area is 151 Å². The zero-order chi connectivity index (χ0) is 19.4. The summed E-state index contributed by atoms with van der Waals surface area (Å²) in [5.41, 5.74) is -0.571. The fraction of sp³-hybridized carbons (Fsp3) is 0.188. The van der Waals surface area contributed by atoms with Crippen LogP contribution in [0.2, 0.25) is 0 Å². The maximum absolute atomic E-state index is 12.6. The lowest BCUT2D eigenvalue weighted by Crippen LogP contribution is -2.32. The SMILES string of the molecule is CC(NC(=O)Nc1ccc(C(F)(F)F)cc1)c1ncnn1-c1ncccn1. The Morgan fingerprint density at radius 1 is 1.11 bits per heavy atom. The Morgan fingerprint density at radius 2 is 1.78 bits per heavy atom. The predicted octanol–water partition coefficient (Wildman–Crippen LogP) is 2.96. The van der Waals surface area contributed by atoms with E-state index < -0.39 is 23.8 Å². The molecule has 0 saturated heterocycles. The first-order chi connectivity index (χ1) is 12.8. The molecule has 2 heterocycles. The topological polar surface area (TPSA) is 97.6 Å². The number of nitrogens with zero attached hydrogens (tertiary/aromatic N) is 5. The van der Waals surface area contributed by atoms with Crippen LogP contribution in [-0.2, 0) is 6.18 Å². The van der Waals surface area contributed by atoms with Gasteiger partial charge in [-0.15, -0.1) is 0 Å². The van der Waals surface area contributed by atoms with Crippen molar-refractivity contribution in [2.45, 2.75) is 19.1 Å². The number of anilines is 1. The standard InChI is InChI=1S/C16H14F3N7O/c1-10(13-22-9-23-26(13)14-20-7-2-8-21-14)24-15(27)25-12-5-3-11(4-6-12)16(17,18)19/h2-10H,1H3,(H2,24,25,27). The highest BCUT2D eigenvalue weighted by Crippen LogP contribution is 2.29. The van der Waals surface area contributed by atoms with E-state index in [0.717, 1.165) is 12.1 Å². The number of carbonyl (C=O) groups is 1. The van der Waals surface area contributed by atoms with Gasteiger partial charge >= 0.3 is 12.2 Å². The maximum Gasteiger partial charge on any atom is 0.416 e. The molecule has 1 unspecified atom stereocenters. The van der Waals surface area contributed by atoms with Gasteiger partial charge in [-0.2, -0.15) is 23.0 Å². The second kappa shape index (κ2) is 7.40. The van der Waals surface area contributed by atoms with Crippen molar-refractivity contribution in [3.63, 3.8) is 0 Å². The van der Waals surface area contributed by atoms with Gasteiger partial charge in [-0.05, 0) is 37.3 Å². The maximum atomic E-state index is 12.6. The normalized spacial score (nSPS) is 12.4. The van der Waals surface area contributed by atoms with Gasteiger partial charge < -0.3 is 10.6 Å². The summed E-state index contributed by atoms with van der Waals surface area (Å²) >= 11 is 0. The van der Waals surface area contributed by atoms with Gasteiger partial charge in [0.15, 0.2) is 5.82 Å². The van der Waals surface area contributed by atoms with Crippen molar-refractivity contribution in [1.29, 1.82) is 0 Å². The summed E-state index contributed by atoms with van der Waals surface area (Å²) < 4.78 is 39.1. The molecule has 3 aromatic rings. The number of carbonyl (C=O) groups excluding carboxylic acids is 1. The number of alkyl halides is 3. The van der Waals surface area contributed by atoms with E-state index in [4.69, 9.17) is 0 Å². The van der Waals surface area contributed by atoms with Crippen molar-refractivity contribution < 1.29 is 18.0 Å². The van der Waals surface area contributed by atoms with Gasteiger partial charge in [0.1, 0.15) is 6.33 Å². The molecule has 0 aliphatic carbocycles. The van der Waals surface area contributed by atoms with E-state index in [-0.39, 0.29) is 5.69 Å². The molecule has 0 saturated carbocycles. The minimum Gasteiger partial charge on any atom is -0.328 e. The van der Waals surface area contributed by atoms with Crippen LogP contribution in [0.5, 0.6) is 0 Å². The Hall–Kier alpha value is -3.50. The second-order valence-electron chi connectivity index (χ2n) is 5.47. The summed E-state index contributed by atoms with van der Waals surface area (Å²) in [5, 5.41) is 9.13. The van der Waals surface area contributed by atoms with Crippen molar-refractivity contribution in [1.82, 2.24) is 30.0 Å². The molecule has 0 fully saturated rings. The van der Waals surface area contributed by atoms with Crippen LogP contribution < -0.4 is 10.6 Å². The number of amides is 2. The van der Waals surface area contributed by atoms with E-state index in [1.807, 2.05) is 0 Å². The van der Waals surface area contributed by atoms with Gasteiger partial charge in [-0.1, -0.05) is 0 Å². The number of hydrogen-bond donors (Lipinski definition) is 2. The average molecular weight is 377 g/mol. The zero-order valence-electron chi connectivity index (χ0n) is 14.0. The van der Waals surface area contributed by atoms with E-state index in [0.29, 0.717) is 11.8 Å². The van der Waals surface area contributed by atoms with Crippen molar-refractivity contribution in [3.05, 3.63) is 60.4 Å². The minimum atomic E-state index is -4.43. The number of urea groups is 1. The molecule has 8 nitrogen and oxygen atoms in total. The first-order valence-corrected chi connectivity index (χ1v) is 7.76. The molecule has 0 spiro atoms. The third kappa shape index (κ3) is 4.37. The van der Waals surface area contributed by atoms with Gasteiger partial charge in [0.05, 0.1) is 11.6 Å². The summed E-state index contributed by atoms with van der Waals surface area (Å²) in [5.74, 6) is 0.686. The second-order valence-corrected chi connectivity index (χ2v) is 5.47. The van der Waals surface area contributed by atoms with Crippen molar-refractivity contribution >= 4 is 11.7 Å². The van der Waals surface area contributed by atoms with Crippen LogP contribution in [0.1, 0.15) is 24.4 Å². The highest BCUT2D eigenvalue weighted by Gasteiger charge is 2.30. The molecule has 1 atom stereocenters. The van der Waals surface area contributed by atoms with Gasteiger partial charge in [0.2, 0.25) is 0 Å². The van der Waals surface area contributed by atoms with Crippen LogP contribution in [0.25, 0.3) is 5.95 Å². The number of aromatic nitrogens is 5. The van der Waals surface area contributed by atoms with E-state index in [9.17, 15) is 18.0 Å². The van der Waals surface area contributed by atoms with E-state index in [1.54, 1.807) is 25.4 Å². The van der Waals surface area contributed by atoms with Gasteiger partial charge in [-0.3, -0.25) is 0 Å². The predicted molar refractivity (Wildman–Crippen MR) is 89.0 cm³/mol. The Bertz CT molecular complexity index is 910. The van der Waals surface area contributed by atoms with Gasteiger partial charge in [0.25, 0.3) is 5.95 Å². The average Bonchev–Trinajstić information content (AvgIpc) is 3.12. The Balaban J connectivity index is 1.66. The molecular weight excluding hydrogens is 363 g/mol. The van der Waals surface area contributed by atoms with Gasteiger partial charge in [-0.25, -0.2) is 19.7 Å². The lowest BCUT2D eigenvalue weighted by Gasteiger charge is -2.15. The van der Waals surface area contributed by atoms with Crippen LogP contribution in [0, 0.1) is 0 Å². The molecule has 0 radical (unpaired) electrons. The van der Waals surface area contributed by atoms with Crippen LogP contribution in [0.15, 0.2) is 49.1 Å². The zero-order valence-corrected chi connectivity index (χ0v) is 14.0. The molecule has 0 aliphatic rings. The fourth-order valence-electron chi connectivity index (χ4n) is 2.27. The fourth-order valence-corrected chi connectivity index (χ4v) is 2.27. The van der Waals surface area contributed by atoms with E-state index in [1.165, 1.54) is 23.1 Å². The highest BCUT2D eigenvalue weighted by molar-refractivity contribution is 5.89. The Kier molecular flexibility index (Phi) is 5.01. The third-order valence-electron chi connectivity index (χ3n) is 3.52. The molecular formula is C16H14F3N7O. The summed E-state index contributed by atoms with van der Waals surface area (Å²) in [4.78, 5) is 24.3. The van der Waals surface area contributed by atoms with Crippen LogP contribution >= 0.6 is 0 Å². The summed E-state index contributed by atoms with van der Waals surface area (Å²) in [6.07, 6.45) is -0.0388. The number of hydrogen-bond acceptors (Lipinski definition) is 5. The van der Waals surface area contributed by atoms with Crippen LogP contribution in [0.3, 0.4) is 0 Å². The quantitative estimate of drug-likeness (QED) is 0.729. The molecule has 3 rings (SSSR count). The van der Waals surface area contributed by atoms with Crippen LogP contribution in [0.4, 0.5) is 23.7 Å². The molecule has 1 aromatic carbocycles. The first kappa shape index (κ1) is 18.3. The molecule has 140 valence electrons. The van der Waals surface area contributed by atoms with Crippen molar-refractivity contribution in [3.8, 4) is 5.95 Å². The lowest BCUT2D eigenvalue weighted by atomic mass is 10.2. The number of benzene rings is 1. The van der Waals surface area contributed by atoms with E-state index in [2.05, 4.69) is 30.7 Å². The highest BCUT2D eigenvalue weighted by atomic mass is 19.4. The number of halogens is 3. The van der Waals surface area contributed by atoms with Crippen LogP contribution in [-0.4, -0.2) is 30.8 Å². The molecule has 11 heteroatoms. The molecule has 2 amide bonds. The largest absolute Gasteiger partial charge is 0.416 e. The number of nitrogens with one attached hydrogen (secondary N) is 2. The smallest absolute Gasteiger partial charge is 0.328 e.